The first-order chi connectivity index (χ1) is 10.2. The molecule has 1 fully saturated rings. The van der Waals surface area contributed by atoms with Crippen LogP contribution in [0, 0.1) is 12.8 Å². The molecule has 1 aliphatic carbocycles. The molecule has 2 heterocycles. The van der Waals surface area contributed by atoms with E-state index in [-0.39, 0.29) is 6.04 Å². The minimum absolute atomic E-state index is 0.204. The first-order valence-corrected chi connectivity index (χ1v) is 7.58. The normalized spacial score (nSPS) is 16.4. The summed E-state index contributed by atoms with van der Waals surface area (Å²) in [6.45, 7) is 7.18. The van der Waals surface area contributed by atoms with Gasteiger partial charge in [0, 0.05) is 6.20 Å². The molecular weight excluding hydrogens is 264 g/mol. The predicted octanol–water partition coefficient (Wildman–Crippen LogP) is 2.20. The van der Waals surface area contributed by atoms with Crippen molar-refractivity contribution < 1.29 is 0 Å². The van der Waals surface area contributed by atoms with Crippen LogP contribution in [0.3, 0.4) is 0 Å². The molecular formula is C15H22N6. The molecule has 1 aliphatic rings. The monoisotopic (exact) mass is 286 g/mol. The fourth-order valence-electron chi connectivity index (χ4n) is 2.60. The van der Waals surface area contributed by atoms with Crippen LogP contribution >= 0.6 is 0 Å². The Labute approximate surface area is 125 Å². The maximum absolute atomic E-state index is 4.55. The van der Waals surface area contributed by atoms with Crippen molar-refractivity contribution in [3.05, 3.63) is 35.4 Å². The van der Waals surface area contributed by atoms with E-state index in [2.05, 4.69) is 52.7 Å². The van der Waals surface area contributed by atoms with Crippen LogP contribution in [0.4, 0.5) is 0 Å². The Morgan fingerprint density at radius 1 is 1.38 bits per heavy atom. The van der Waals surface area contributed by atoms with Gasteiger partial charge in [-0.3, -0.25) is 4.98 Å². The molecule has 0 radical (unpaired) electrons. The molecule has 0 saturated heterocycles. The average Bonchev–Trinajstić information content (AvgIpc) is 3.20. The summed E-state index contributed by atoms with van der Waals surface area (Å²) in [5.41, 5.74) is 2.32. The van der Waals surface area contributed by atoms with Crippen molar-refractivity contribution in [1.82, 2.24) is 30.5 Å². The molecule has 0 spiro atoms. The first-order valence-electron chi connectivity index (χ1n) is 7.58. The summed E-state index contributed by atoms with van der Waals surface area (Å²) < 4.78 is 1.95. The van der Waals surface area contributed by atoms with Gasteiger partial charge >= 0.3 is 0 Å². The summed E-state index contributed by atoms with van der Waals surface area (Å²) in [6.07, 6.45) is 4.23. The molecule has 1 N–H and O–H groups in total. The van der Waals surface area contributed by atoms with Crippen molar-refractivity contribution in [2.24, 2.45) is 5.92 Å². The van der Waals surface area contributed by atoms with E-state index in [4.69, 9.17) is 0 Å². The van der Waals surface area contributed by atoms with Crippen LogP contribution in [-0.4, -0.2) is 25.2 Å². The third-order valence-corrected chi connectivity index (χ3v) is 3.94. The second-order valence-electron chi connectivity index (χ2n) is 6.08. The van der Waals surface area contributed by atoms with Gasteiger partial charge in [-0.25, -0.2) is 4.68 Å². The zero-order chi connectivity index (χ0) is 14.8. The minimum Gasteiger partial charge on any atom is -0.301 e. The Bertz CT molecular complexity index is 602. The van der Waals surface area contributed by atoms with Gasteiger partial charge in [-0.1, -0.05) is 19.9 Å². The molecule has 0 aliphatic heterocycles. The van der Waals surface area contributed by atoms with Crippen molar-refractivity contribution in [1.29, 1.82) is 0 Å². The minimum atomic E-state index is 0.204. The standard InChI is InChI=1S/C15H22N6/c1-10(2)14(15-11(3)5-4-8-16-15)17-9-13-18-19-20-21(13)12-6-7-12/h4-5,8,10,12,14,17H,6-7,9H2,1-3H3/t14-/m1/s1. The summed E-state index contributed by atoms with van der Waals surface area (Å²) in [4.78, 5) is 4.55. The van der Waals surface area contributed by atoms with Gasteiger partial charge in [-0.2, -0.15) is 0 Å². The van der Waals surface area contributed by atoms with E-state index in [0.29, 0.717) is 18.5 Å². The molecule has 0 unspecified atom stereocenters. The van der Waals surface area contributed by atoms with E-state index in [0.717, 1.165) is 11.5 Å². The summed E-state index contributed by atoms with van der Waals surface area (Å²) in [6, 6.07) is 4.79. The largest absolute Gasteiger partial charge is 0.301 e. The maximum Gasteiger partial charge on any atom is 0.165 e. The Hall–Kier alpha value is -1.82. The molecule has 3 rings (SSSR count). The summed E-state index contributed by atoms with van der Waals surface area (Å²) >= 11 is 0. The fourth-order valence-corrected chi connectivity index (χ4v) is 2.60. The van der Waals surface area contributed by atoms with Gasteiger partial charge < -0.3 is 5.32 Å². The Balaban J connectivity index is 1.74. The smallest absolute Gasteiger partial charge is 0.165 e. The van der Waals surface area contributed by atoms with E-state index in [1.165, 1.54) is 18.4 Å². The number of hydrogen-bond donors (Lipinski definition) is 1. The predicted molar refractivity (Wildman–Crippen MR) is 79.5 cm³/mol. The highest BCUT2D eigenvalue weighted by atomic mass is 15.6. The van der Waals surface area contributed by atoms with E-state index >= 15 is 0 Å². The Morgan fingerprint density at radius 3 is 2.86 bits per heavy atom. The molecule has 0 bridgehead atoms. The number of nitrogens with zero attached hydrogens (tertiary/aromatic N) is 5. The molecule has 0 amide bonds. The van der Waals surface area contributed by atoms with E-state index in [1.54, 1.807) is 0 Å². The van der Waals surface area contributed by atoms with Gasteiger partial charge in [0.1, 0.15) is 0 Å². The topological polar surface area (TPSA) is 68.5 Å². The van der Waals surface area contributed by atoms with Crippen LogP contribution in [0.2, 0.25) is 0 Å². The summed E-state index contributed by atoms with van der Waals surface area (Å²) in [7, 11) is 0. The van der Waals surface area contributed by atoms with Crippen LogP contribution < -0.4 is 5.32 Å². The number of aryl methyl sites for hydroxylation is 1. The number of rotatable bonds is 6. The highest BCUT2D eigenvalue weighted by Gasteiger charge is 2.28. The third-order valence-electron chi connectivity index (χ3n) is 3.94. The van der Waals surface area contributed by atoms with Crippen LogP contribution in [0.1, 0.15) is 55.9 Å². The molecule has 0 aromatic carbocycles. The van der Waals surface area contributed by atoms with Crippen molar-refractivity contribution >= 4 is 0 Å². The molecule has 21 heavy (non-hydrogen) atoms. The van der Waals surface area contributed by atoms with E-state index in [1.807, 2.05) is 16.9 Å². The van der Waals surface area contributed by atoms with Crippen molar-refractivity contribution in [2.45, 2.75) is 52.2 Å². The van der Waals surface area contributed by atoms with Crippen molar-refractivity contribution in [2.75, 3.05) is 0 Å². The number of tetrazole rings is 1. The summed E-state index contributed by atoms with van der Waals surface area (Å²) in [5.74, 6) is 1.36. The zero-order valence-electron chi connectivity index (χ0n) is 12.8. The zero-order valence-corrected chi connectivity index (χ0v) is 12.8. The lowest BCUT2D eigenvalue weighted by molar-refractivity contribution is 0.390. The van der Waals surface area contributed by atoms with Crippen LogP contribution in [0.25, 0.3) is 0 Å². The lowest BCUT2D eigenvalue weighted by Crippen LogP contribution is -2.28. The van der Waals surface area contributed by atoms with Crippen molar-refractivity contribution in [3.8, 4) is 0 Å². The van der Waals surface area contributed by atoms with Crippen LogP contribution in [-0.2, 0) is 6.54 Å². The first kappa shape index (κ1) is 14.1. The van der Waals surface area contributed by atoms with E-state index in [9.17, 15) is 0 Å². The lowest BCUT2D eigenvalue weighted by Gasteiger charge is -2.23. The molecule has 112 valence electrons. The second kappa shape index (κ2) is 5.89. The molecule has 6 heteroatoms. The molecule has 2 aromatic heterocycles. The van der Waals surface area contributed by atoms with Crippen molar-refractivity contribution in [3.63, 3.8) is 0 Å². The summed E-state index contributed by atoms with van der Waals surface area (Å²) in [5, 5.41) is 15.6. The molecule has 1 atom stereocenters. The average molecular weight is 286 g/mol. The van der Waals surface area contributed by atoms with Crippen LogP contribution in [0.5, 0.6) is 0 Å². The second-order valence-corrected chi connectivity index (χ2v) is 6.08. The molecule has 6 nitrogen and oxygen atoms in total. The third kappa shape index (κ3) is 3.10. The number of hydrogen-bond acceptors (Lipinski definition) is 5. The van der Waals surface area contributed by atoms with Gasteiger partial charge in [0.05, 0.1) is 24.3 Å². The number of aromatic nitrogens is 5. The molecule has 2 aromatic rings. The Morgan fingerprint density at radius 2 is 2.19 bits per heavy atom. The highest BCUT2D eigenvalue weighted by Crippen LogP contribution is 2.34. The number of nitrogens with one attached hydrogen (secondary N) is 1. The van der Waals surface area contributed by atoms with Gasteiger partial charge in [-0.15, -0.1) is 5.10 Å². The fraction of sp³-hybridized carbons (Fsp3) is 0.600. The van der Waals surface area contributed by atoms with Crippen LogP contribution in [0.15, 0.2) is 18.3 Å². The van der Waals surface area contributed by atoms with E-state index < -0.39 is 0 Å². The Kier molecular flexibility index (Phi) is 3.96. The highest BCUT2D eigenvalue weighted by molar-refractivity contribution is 5.21. The lowest BCUT2D eigenvalue weighted by atomic mass is 9.97. The SMILES string of the molecule is Cc1cccnc1[C@H](NCc1nnnn1C1CC1)C(C)C. The van der Waals surface area contributed by atoms with Gasteiger partial charge in [0.25, 0.3) is 0 Å². The van der Waals surface area contributed by atoms with Gasteiger partial charge in [-0.05, 0) is 47.7 Å². The molecule has 1 saturated carbocycles. The maximum atomic E-state index is 4.55. The van der Waals surface area contributed by atoms with Gasteiger partial charge in [0.2, 0.25) is 0 Å². The quantitative estimate of drug-likeness (QED) is 0.881. The van der Waals surface area contributed by atoms with Gasteiger partial charge in [0.15, 0.2) is 5.82 Å². The number of pyridine rings is 1.